The number of piperazine rings is 1. The Morgan fingerprint density at radius 2 is 1.89 bits per heavy atom. The molecule has 2 aliphatic heterocycles. The second kappa shape index (κ2) is 7.47. The molecule has 3 heterocycles. The Balaban J connectivity index is 1.33. The Hall–Kier alpha value is -2.76. The fourth-order valence-electron chi connectivity index (χ4n) is 4.03. The van der Waals surface area contributed by atoms with Crippen molar-refractivity contribution in [2.45, 2.75) is 19.9 Å². The van der Waals surface area contributed by atoms with Crippen LogP contribution in [0.5, 0.6) is 0 Å². The first-order chi connectivity index (χ1) is 13.1. The molecule has 0 aliphatic carbocycles. The van der Waals surface area contributed by atoms with Gasteiger partial charge in [-0.25, -0.2) is 0 Å². The van der Waals surface area contributed by atoms with E-state index in [1.54, 1.807) is 11.2 Å². The van der Waals surface area contributed by atoms with Crippen LogP contribution in [0.15, 0.2) is 47.1 Å². The van der Waals surface area contributed by atoms with Crippen LogP contribution >= 0.6 is 0 Å². The molecule has 1 atom stereocenters. The molecular weight excluding hydrogens is 342 g/mol. The van der Waals surface area contributed by atoms with Crippen LogP contribution in [0.4, 0.5) is 5.69 Å². The van der Waals surface area contributed by atoms with Gasteiger partial charge in [0.2, 0.25) is 11.8 Å². The summed E-state index contributed by atoms with van der Waals surface area (Å²) in [6, 6.07) is 12.0. The predicted molar refractivity (Wildman–Crippen MR) is 102 cm³/mol. The van der Waals surface area contributed by atoms with Gasteiger partial charge in [-0.15, -0.1) is 0 Å². The van der Waals surface area contributed by atoms with Gasteiger partial charge in [0.1, 0.15) is 5.76 Å². The minimum atomic E-state index is -0.238. The zero-order valence-electron chi connectivity index (χ0n) is 15.6. The fraction of sp³-hybridized carbons (Fsp3) is 0.429. The van der Waals surface area contributed by atoms with E-state index in [1.165, 1.54) is 11.3 Å². The smallest absolute Gasteiger partial charge is 0.228 e. The van der Waals surface area contributed by atoms with Gasteiger partial charge in [0.15, 0.2) is 0 Å². The van der Waals surface area contributed by atoms with Gasteiger partial charge in [0, 0.05) is 44.8 Å². The molecular formula is C21H25N3O3. The quantitative estimate of drug-likeness (QED) is 0.832. The molecule has 4 rings (SSSR count). The summed E-state index contributed by atoms with van der Waals surface area (Å²) in [6.07, 6.45) is 1.91. The molecule has 6 heteroatoms. The van der Waals surface area contributed by atoms with Crippen LogP contribution in [0.2, 0.25) is 0 Å². The first kappa shape index (κ1) is 17.6. The average Bonchev–Trinajstić information content (AvgIpc) is 3.32. The number of carbonyl (C=O) groups is 2. The van der Waals surface area contributed by atoms with Crippen molar-refractivity contribution in [3.8, 4) is 0 Å². The van der Waals surface area contributed by atoms with Crippen LogP contribution in [0.1, 0.15) is 17.7 Å². The predicted octanol–water partition coefficient (Wildman–Crippen LogP) is 2.29. The summed E-state index contributed by atoms with van der Waals surface area (Å²) in [5.41, 5.74) is 2.50. The lowest BCUT2D eigenvalue weighted by Gasteiger charge is -2.37. The molecule has 2 saturated heterocycles. The molecule has 27 heavy (non-hydrogen) atoms. The molecule has 2 aliphatic rings. The normalized spacial score (nSPS) is 20.4. The van der Waals surface area contributed by atoms with Gasteiger partial charge in [0.05, 0.1) is 18.7 Å². The van der Waals surface area contributed by atoms with E-state index in [0.717, 1.165) is 18.8 Å². The zero-order chi connectivity index (χ0) is 18.8. The number of hydrogen-bond acceptors (Lipinski definition) is 4. The third kappa shape index (κ3) is 3.70. The van der Waals surface area contributed by atoms with E-state index >= 15 is 0 Å². The molecule has 0 radical (unpaired) electrons. The highest BCUT2D eigenvalue weighted by molar-refractivity contribution is 5.89. The Morgan fingerprint density at radius 1 is 1.11 bits per heavy atom. The molecule has 0 N–H and O–H groups in total. The molecule has 0 bridgehead atoms. The van der Waals surface area contributed by atoms with E-state index in [-0.39, 0.29) is 17.7 Å². The number of amides is 2. The van der Waals surface area contributed by atoms with Gasteiger partial charge in [-0.3, -0.25) is 9.59 Å². The summed E-state index contributed by atoms with van der Waals surface area (Å²) >= 11 is 0. The molecule has 1 aromatic heterocycles. The van der Waals surface area contributed by atoms with Crippen LogP contribution in [0, 0.1) is 12.8 Å². The maximum Gasteiger partial charge on any atom is 0.228 e. The van der Waals surface area contributed by atoms with Crippen molar-refractivity contribution in [1.82, 2.24) is 9.80 Å². The van der Waals surface area contributed by atoms with Gasteiger partial charge in [-0.2, -0.15) is 0 Å². The molecule has 142 valence electrons. The third-order valence-electron chi connectivity index (χ3n) is 5.54. The number of furan rings is 1. The van der Waals surface area contributed by atoms with Gasteiger partial charge in [-0.1, -0.05) is 18.2 Å². The molecule has 2 aromatic rings. The van der Waals surface area contributed by atoms with Crippen LogP contribution in [0.3, 0.4) is 0 Å². The van der Waals surface area contributed by atoms with Gasteiger partial charge >= 0.3 is 0 Å². The summed E-state index contributed by atoms with van der Waals surface area (Å²) < 4.78 is 5.32. The van der Waals surface area contributed by atoms with Crippen LogP contribution < -0.4 is 4.90 Å². The van der Waals surface area contributed by atoms with E-state index in [2.05, 4.69) is 30.0 Å². The molecule has 0 spiro atoms. The summed E-state index contributed by atoms with van der Waals surface area (Å²) in [4.78, 5) is 31.2. The number of para-hydroxylation sites is 1. The highest BCUT2D eigenvalue weighted by Gasteiger charge is 2.37. The van der Waals surface area contributed by atoms with E-state index in [9.17, 15) is 9.59 Å². The van der Waals surface area contributed by atoms with Gasteiger partial charge in [-0.05, 0) is 30.7 Å². The first-order valence-electron chi connectivity index (χ1n) is 9.51. The molecule has 6 nitrogen and oxygen atoms in total. The monoisotopic (exact) mass is 367 g/mol. The number of rotatable bonds is 4. The van der Waals surface area contributed by atoms with Crippen molar-refractivity contribution in [3.05, 3.63) is 54.0 Å². The lowest BCUT2D eigenvalue weighted by Crippen LogP contribution is -2.50. The number of anilines is 1. The fourth-order valence-corrected chi connectivity index (χ4v) is 4.03. The number of benzene rings is 1. The van der Waals surface area contributed by atoms with Crippen LogP contribution in [-0.2, 0) is 16.1 Å². The van der Waals surface area contributed by atoms with Crippen molar-refractivity contribution < 1.29 is 14.0 Å². The standard InChI is InChI=1S/C21H25N3O3/c1-16-5-2-3-7-19(16)22-8-10-23(11-9-22)21(26)17-13-20(25)24(14-17)15-18-6-4-12-27-18/h2-7,12,17H,8-11,13-15H2,1H3/t17-/m0/s1. The van der Waals surface area contributed by atoms with Gasteiger partial charge < -0.3 is 19.1 Å². The van der Waals surface area contributed by atoms with Crippen molar-refractivity contribution >= 4 is 17.5 Å². The Bertz CT molecular complexity index is 810. The summed E-state index contributed by atoms with van der Waals surface area (Å²) in [6.45, 7) is 6.10. The van der Waals surface area contributed by atoms with Crippen molar-refractivity contribution in [2.24, 2.45) is 5.92 Å². The lowest BCUT2D eigenvalue weighted by atomic mass is 10.1. The summed E-state index contributed by atoms with van der Waals surface area (Å²) in [5, 5.41) is 0. The van der Waals surface area contributed by atoms with E-state index < -0.39 is 0 Å². The lowest BCUT2D eigenvalue weighted by molar-refractivity contribution is -0.136. The SMILES string of the molecule is Cc1ccccc1N1CCN(C(=O)[C@H]2CC(=O)N(Cc3ccco3)C2)CC1. The minimum absolute atomic E-state index is 0.0308. The van der Waals surface area contributed by atoms with Crippen molar-refractivity contribution in [3.63, 3.8) is 0 Å². The van der Waals surface area contributed by atoms with Crippen molar-refractivity contribution in [1.29, 1.82) is 0 Å². The summed E-state index contributed by atoms with van der Waals surface area (Å²) in [7, 11) is 0. The Labute approximate surface area is 159 Å². The van der Waals surface area contributed by atoms with Crippen LogP contribution in [-0.4, -0.2) is 54.3 Å². The number of likely N-dealkylation sites (tertiary alicyclic amines) is 1. The van der Waals surface area contributed by atoms with E-state index in [0.29, 0.717) is 32.6 Å². The second-order valence-corrected chi connectivity index (χ2v) is 7.35. The Kier molecular flexibility index (Phi) is 4.88. The largest absolute Gasteiger partial charge is 0.467 e. The molecule has 0 unspecified atom stereocenters. The third-order valence-corrected chi connectivity index (χ3v) is 5.54. The Morgan fingerprint density at radius 3 is 2.59 bits per heavy atom. The zero-order valence-corrected chi connectivity index (χ0v) is 15.6. The minimum Gasteiger partial charge on any atom is -0.467 e. The second-order valence-electron chi connectivity index (χ2n) is 7.35. The molecule has 2 fully saturated rings. The number of aryl methyl sites for hydroxylation is 1. The van der Waals surface area contributed by atoms with E-state index in [4.69, 9.17) is 4.42 Å². The number of hydrogen-bond donors (Lipinski definition) is 0. The van der Waals surface area contributed by atoms with E-state index in [1.807, 2.05) is 23.1 Å². The molecule has 1 aromatic carbocycles. The highest BCUT2D eigenvalue weighted by Crippen LogP contribution is 2.25. The number of carbonyl (C=O) groups excluding carboxylic acids is 2. The maximum atomic E-state index is 12.9. The maximum absolute atomic E-state index is 12.9. The molecule has 0 saturated carbocycles. The van der Waals surface area contributed by atoms with Gasteiger partial charge in [0.25, 0.3) is 0 Å². The van der Waals surface area contributed by atoms with Crippen molar-refractivity contribution in [2.75, 3.05) is 37.6 Å². The summed E-state index contributed by atoms with van der Waals surface area (Å²) in [5.74, 6) is 0.652. The topological polar surface area (TPSA) is 57.0 Å². The first-order valence-corrected chi connectivity index (χ1v) is 9.51. The highest BCUT2D eigenvalue weighted by atomic mass is 16.3. The average molecular weight is 367 g/mol. The number of nitrogens with zero attached hydrogens (tertiary/aromatic N) is 3. The van der Waals surface area contributed by atoms with Crippen LogP contribution in [0.25, 0.3) is 0 Å². The molecule has 2 amide bonds.